The van der Waals surface area contributed by atoms with Gasteiger partial charge in [-0.25, -0.2) is 9.67 Å². The number of benzene rings is 2. The number of amides is 2. The maximum atomic E-state index is 12.5. The third-order valence-electron chi connectivity index (χ3n) is 4.70. The van der Waals surface area contributed by atoms with Crippen LogP contribution in [-0.2, 0) is 4.79 Å². The van der Waals surface area contributed by atoms with Gasteiger partial charge in [-0.1, -0.05) is 36.4 Å². The molecule has 2 aromatic carbocycles. The van der Waals surface area contributed by atoms with Crippen LogP contribution in [0.3, 0.4) is 0 Å². The molecule has 0 aliphatic heterocycles. The highest BCUT2D eigenvalue weighted by molar-refractivity contribution is 6.03. The van der Waals surface area contributed by atoms with E-state index in [1.54, 1.807) is 53.3 Å². The Morgan fingerprint density at radius 3 is 2.23 bits per heavy atom. The van der Waals surface area contributed by atoms with Crippen molar-refractivity contribution in [2.75, 3.05) is 10.6 Å². The first kappa shape index (κ1) is 20.0. The zero-order valence-corrected chi connectivity index (χ0v) is 17.2. The fourth-order valence-corrected chi connectivity index (χ4v) is 3.33. The van der Waals surface area contributed by atoms with Gasteiger partial charge in [-0.2, -0.15) is 5.10 Å². The van der Waals surface area contributed by atoms with Gasteiger partial charge in [0.25, 0.3) is 5.91 Å². The molecule has 2 N–H and O–H groups in total. The summed E-state index contributed by atoms with van der Waals surface area (Å²) in [5, 5.41) is 10.3. The summed E-state index contributed by atoms with van der Waals surface area (Å²) in [6, 6.07) is 22.1. The lowest BCUT2D eigenvalue weighted by Crippen LogP contribution is -2.14. The molecule has 0 aliphatic carbocycles. The molecule has 0 saturated heterocycles. The van der Waals surface area contributed by atoms with E-state index in [1.807, 2.05) is 37.3 Å². The first-order chi connectivity index (χ1) is 15.0. The molecule has 7 nitrogen and oxygen atoms in total. The number of nitrogens with zero attached hydrogens (tertiary/aromatic N) is 3. The molecular formula is C24H21N5O2. The number of nitrogens with one attached hydrogen (secondary N) is 2. The predicted molar refractivity (Wildman–Crippen MR) is 120 cm³/mol. The average molecular weight is 411 g/mol. The Labute approximate surface area is 179 Å². The number of pyridine rings is 1. The van der Waals surface area contributed by atoms with Crippen LogP contribution in [0, 0.1) is 6.92 Å². The molecule has 154 valence electrons. The van der Waals surface area contributed by atoms with Gasteiger partial charge in [0, 0.05) is 24.2 Å². The van der Waals surface area contributed by atoms with Crippen molar-refractivity contribution in [1.29, 1.82) is 0 Å². The Hall–Kier alpha value is -4.26. The molecule has 0 saturated carbocycles. The lowest BCUT2D eigenvalue weighted by atomic mass is 10.1. The molecule has 2 amide bonds. The van der Waals surface area contributed by atoms with Crippen LogP contribution in [0.5, 0.6) is 0 Å². The molecule has 0 unspecified atom stereocenters. The van der Waals surface area contributed by atoms with Gasteiger partial charge in [-0.3, -0.25) is 9.59 Å². The van der Waals surface area contributed by atoms with Crippen LogP contribution in [0.4, 0.5) is 11.6 Å². The summed E-state index contributed by atoms with van der Waals surface area (Å²) in [7, 11) is 0. The molecule has 0 radical (unpaired) electrons. The summed E-state index contributed by atoms with van der Waals surface area (Å²) in [5.41, 5.74) is 3.81. The van der Waals surface area contributed by atoms with E-state index in [0.717, 1.165) is 22.5 Å². The van der Waals surface area contributed by atoms with Gasteiger partial charge < -0.3 is 10.6 Å². The summed E-state index contributed by atoms with van der Waals surface area (Å²) in [5.74, 6) is 0.625. The van der Waals surface area contributed by atoms with Crippen molar-refractivity contribution in [1.82, 2.24) is 14.8 Å². The van der Waals surface area contributed by atoms with E-state index in [0.29, 0.717) is 17.2 Å². The smallest absolute Gasteiger partial charge is 0.256 e. The summed E-state index contributed by atoms with van der Waals surface area (Å²) in [6.07, 6.45) is 1.62. The Morgan fingerprint density at radius 2 is 1.58 bits per heavy atom. The molecule has 2 heterocycles. The van der Waals surface area contributed by atoms with Crippen molar-refractivity contribution in [3.05, 3.63) is 90.3 Å². The number of aromatic nitrogens is 3. The van der Waals surface area contributed by atoms with Crippen LogP contribution >= 0.6 is 0 Å². The van der Waals surface area contributed by atoms with Crippen LogP contribution < -0.4 is 10.6 Å². The number of hydrogen-bond donors (Lipinski definition) is 2. The standard InChI is InChI=1S/C24H21N5O2/c1-16-22(18-8-4-3-5-9-18)23(26-17(2)30)29(28-16)20-13-11-19(12-14-20)24(31)27-21-10-6-7-15-25-21/h3-15H,1-2H3,(H,26,30)(H,25,27,31). The molecular weight excluding hydrogens is 390 g/mol. The van der Waals surface area contributed by atoms with Gasteiger partial charge in [0.2, 0.25) is 5.91 Å². The van der Waals surface area contributed by atoms with Crippen molar-refractivity contribution in [2.45, 2.75) is 13.8 Å². The van der Waals surface area contributed by atoms with E-state index < -0.39 is 0 Å². The summed E-state index contributed by atoms with van der Waals surface area (Å²) >= 11 is 0. The van der Waals surface area contributed by atoms with E-state index in [9.17, 15) is 9.59 Å². The molecule has 0 fully saturated rings. The normalized spacial score (nSPS) is 10.5. The molecule has 0 aliphatic rings. The van der Waals surface area contributed by atoms with Crippen LogP contribution in [0.2, 0.25) is 0 Å². The van der Waals surface area contributed by atoms with Gasteiger partial charge in [-0.15, -0.1) is 0 Å². The van der Waals surface area contributed by atoms with E-state index in [2.05, 4.69) is 20.7 Å². The highest BCUT2D eigenvalue weighted by atomic mass is 16.2. The number of carbonyl (C=O) groups excluding carboxylic acids is 2. The molecule has 0 atom stereocenters. The summed E-state index contributed by atoms with van der Waals surface area (Å²) < 4.78 is 1.68. The Kier molecular flexibility index (Phi) is 5.57. The molecule has 2 aromatic heterocycles. The molecule has 7 heteroatoms. The molecule has 0 bridgehead atoms. The summed E-state index contributed by atoms with van der Waals surface area (Å²) in [4.78, 5) is 28.5. The summed E-state index contributed by atoms with van der Waals surface area (Å²) in [6.45, 7) is 3.37. The van der Waals surface area contributed by atoms with Crippen molar-refractivity contribution < 1.29 is 9.59 Å². The zero-order valence-electron chi connectivity index (χ0n) is 17.2. The fourth-order valence-electron chi connectivity index (χ4n) is 3.33. The number of rotatable bonds is 5. The quantitative estimate of drug-likeness (QED) is 0.508. The average Bonchev–Trinajstić information content (AvgIpc) is 3.10. The molecule has 4 rings (SSSR count). The maximum absolute atomic E-state index is 12.5. The van der Waals surface area contributed by atoms with Gasteiger partial charge in [0.15, 0.2) is 0 Å². The van der Waals surface area contributed by atoms with Crippen molar-refractivity contribution in [3.63, 3.8) is 0 Å². The number of anilines is 2. The van der Waals surface area contributed by atoms with Gasteiger partial charge in [-0.05, 0) is 48.9 Å². The monoisotopic (exact) mass is 411 g/mol. The third-order valence-corrected chi connectivity index (χ3v) is 4.70. The van der Waals surface area contributed by atoms with Gasteiger partial charge in [0.1, 0.15) is 11.6 Å². The minimum Gasteiger partial charge on any atom is -0.310 e. The van der Waals surface area contributed by atoms with Crippen LogP contribution in [0.25, 0.3) is 16.8 Å². The first-order valence-electron chi connectivity index (χ1n) is 9.78. The topological polar surface area (TPSA) is 88.9 Å². The van der Waals surface area contributed by atoms with Crippen molar-refractivity contribution >= 4 is 23.5 Å². The SMILES string of the molecule is CC(=O)Nc1c(-c2ccccc2)c(C)nn1-c1ccc(C(=O)Nc2ccccn2)cc1. The minimum absolute atomic E-state index is 0.190. The second kappa shape index (κ2) is 8.62. The Balaban J connectivity index is 1.68. The van der Waals surface area contributed by atoms with Gasteiger partial charge in [0.05, 0.1) is 11.4 Å². The largest absolute Gasteiger partial charge is 0.310 e. The van der Waals surface area contributed by atoms with Crippen molar-refractivity contribution in [2.24, 2.45) is 0 Å². The highest BCUT2D eigenvalue weighted by Gasteiger charge is 2.19. The highest BCUT2D eigenvalue weighted by Crippen LogP contribution is 2.33. The van der Waals surface area contributed by atoms with Crippen molar-refractivity contribution in [3.8, 4) is 16.8 Å². The van der Waals surface area contributed by atoms with Crippen LogP contribution in [0.1, 0.15) is 23.0 Å². The Bertz CT molecular complexity index is 1220. The molecule has 4 aromatic rings. The van der Waals surface area contributed by atoms with E-state index >= 15 is 0 Å². The Morgan fingerprint density at radius 1 is 0.871 bits per heavy atom. The van der Waals surface area contributed by atoms with E-state index in [4.69, 9.17) is 0 Å². The second-order valence-corrected chi connectivity index (χ2v) is 6.98. The van der Waals surface area contributed by atoms with E-state index in [-0.39, 0.29) is 11.8 Å². The molecule has 0 spiro atoms. The minimum atomic E-state index is -0.256. The molecule has 31 heavy (non-hydrogen) atoms. The third kappa shape index (κ3) is 4.35. The van der Waals surface area contributed by atoms with Gasteiger partial charge >= 0.3 is 0 Å². The maximum Gasteiger partial charge on any atom is 0.256 e. The zero-order chi connectivity index (χ0) is 21.8. The lowest BCUT2D eigenvalue weighted by molar-refractivity contribution is -0.114. The number of hydrogen-bond acceptors (Lipinski definition) is 4. The number of carbonyl (C=O) groups is 2. The first-order valence-corrected chi connectivity index (χ1v) is 9.78. The fraction of sp³-hybridized carbons (Fsp3) is 0.0833. The predicted octanol–water partition coefficient (Wildman–Crippen LogP) is 4.45. The lowest BCUT2D eigenvalue weighted by Gasteiger charge is -2.11. The van der Waals surface area contributed by atoms with E-state index in [1.165, 1.54) is 6.92 Å². The second-order valence-electron chi connectivity index (χ2n) is 6.98. The number of aryl methyl sites for hydroxylation is 1. The van der Waals surface area contributed by atoms with Crippen LogP contribution in [-0.4, -0.2) is 26.6 Å². The van der Waals surface area contributed by atoms with Crippen LogP contribution in [0.15, 0.2) is 79.0 Å².